The van der Waals surface area contributed by atoms with Gasteiger partial charge in [0.2, 0.25) is 5.91 Å². The number of hydrogen-bond acceptors (Lipinski definition) is 5. The topological polar surface area (TPSA) is 76.9 Å². The highest BCUT2D eigenvalue weighted by molar-refractivity contribution is 9.10. The van der Waals surface area contributed by atoms with E-state index in [0.717, 1.165) is 80.1 Å². The highest BCUT2D eigenvalue weighted by atomic mass is 79.9. The molecule has 4 aliphatic rings. The van der Waals surface area contributed by atoms with Gasteiger partial charge in [0.1, 0.15) is 5.60 Å². The van der Waals surface area contributed by atoms with Gasteiger partial charge in [-0.15, -0.1) is 12.3 Å². The van der Waals surface area contributed by atoms with E-state index in [-0.39, 0.29) is 12.1 Å². The van der Waals surface area contributed by atoms with Crippen LogP contribution in [0.5, 0.6) is 0 Å². The van der Waals surface area contributed by atoms with Gasteiger partial charge in [-0.2, -0.15) is 0 Å². The maximum absolute atomic E-state index is 13.2. The molecule has 3 saturated heterocycles. The highest BCUT2D eigenvalue weighted by Crippen LogP contribution is 2.41. The predicted molar refractivity (Wildman–Crippen MR) is 214 cm³/mol. The third kappa shape index (κ3) is 12.4. The number of ether oxygens (including phenoxy) is 1. The monoisotopic (exact) mass is 836 g/mol. The van der Waals surface area contributed by atoms with E-state index >= 15 is 0 Å². The molecule has 3 heterocycles. The zero-order valence-electron chi connectivity index (χ0n) is 30.9. The van der Waals surface area contributed by atoms with E-state index in [9.17, 15) is 9.59 Å². The molecule has 1 unspecified atom stereocenters. The molecule has 1 aromatic carbocycles. The quantitative estimate of drug-likeness (QED) is 0.134. The summed E-state index contributed by atoms with van der Waals surface area (Å²) in [6, 6.07) is 4.47. The molecule has 0 aromatic heterocycles. The molecule has 7 nitrogen and oxygen atoms in total. The first-order valence-electron chi connectivity index (χ1n) is 18.6. The number of carbonyl (C=O) groups is 2. The Labute approximate surface area is 324 Å². The Hall–Kier alpha value is -1.86. The van der Waals surface area contributed by atoms with Gasteiger partial charge in [0, 0.05) is 55.0 Å². The van der Waals surface area contributed by atoms with Crippen molar-refractivity contribution in [3.8, 4) is 12.3 Å². The second-order valence-electron chi connectivity index (χ2n) is 14.6. The van der Waals surface area contributed by atoms with E-state index in [1.165, 1.54) is 35.8 Å². The summed E-state index contributed by atoms with van der Waals surface area (Å²) in [6.07, 6.45) is 18.8. The number of amides is 2. The summed E-state index contributed by atoms with van der Waals surface area (Å²) in [6.45, 7) is 14.9. The van der Waals surface area contributed by atoms with Gasteiger partial charge in [-0.1, -0.05) is 59.1 Å². The summed E-state index contributed by atoms with van der Waals surface area (Å²) >= 11 is 13.3. The number of fused-ring (bicyclic) bond motifs is 1. The van der Waals surface area contributed by atoms with Gasteiger partial charge in [-0.05, 0) is 136 Å². The number of carbonyl (C=O) groups excluding carboxylic acids is 2. The number of allylic oxidation sites excluding steroid dienone is 1. The maximum Gasteiger partial charge on any atom is 0.410 e. The Bertz CT molecular complexity index is 1330. The summed E-state index contributed by atoms with van der Waals surface area (Å²) in [5.74, 6) is 4.93. The van der Waals surface area contributed by atoms with Gasteiger partial charge in [0.15, 0.2) is 0 Å². The molecule has 0 saturated carbocycles. The maximum atomic E-state index is 13.2. The fourth-order valence-corrected chi connectivity index (χ4v) is 8.45. The Morgan fingerprint density at radius 2 is 1.54 bits per heavy atom. The van der Waals surface area contributed by atoms with Crippen molar-refractivity contribution in [1.82, 2.24) is 14.7 Å². The van der Waals surface area contributed by atoms with Gasteiger partial charge in [0.25, 0.3) is 0 Å². The Kier molecular flexibility index (Phi) is 17.9. The van der Waals surface area contributed by atoms with Crippen molar-refractivity contribution in [2.45, 2.75) is 110 Å². The molecule has 278 valence electrons. The molecule has 5 rings (SSSR count). The summed E-state index contributed by atoms with van der Waals surface area (Å²) in [5.41, 5.74) is 3.54. The van der Waals surface area contributed by atoms with Gasteiger partial charge < -0.3 is 19.9 Å². The molecule has 3 fully saturated rings. The molecule has 1 aliphatic carbocycles. The van der Waals surface area contributed by atoms with Crippen molar-refractivity contribution < 1.29 is 14.3 Å². The van der Waals surface area contributed by atoms with Crippen molar-refractivity contribution in [2.75, 3.05) is 44.6 Å². The van der Waals surface area contributed by atoms with Crippen molar-refractivity contribution in [3.63, 3.8) is 0 Å². The van der Waals surface area contributed by atoms with Crippen LogP contribution in [-0.2, 0) is 16.0 Å². The second kappa shape index (κ2) is 21.0. The fraction of sp³-hybridized carbons (Fsp3) is 0.675. The number of alkyl halides is 1. The van der Waals surface area contributed by atoms with Crippen LogP contribution >= 0.6 is 43.5 Å². The molecule has 1 aromatic rings. The molecular weight excluding hydrogens is 780 g/mol. The number of nitrogens with zero attached hydrogens (tertiary/aromatic N) is 3. The number of likely N-dealkylation sites (tertiary alicyclic amines) is 3. The first-order chi connectivity index (χ1) is 23.9. The lowest BCUT2D eigenvalue weighted by Gasteiger charge is -2.42. The number of hydrogen-bond donors (Lipinski definition) is 1. The Morgan fingerprint density at radius 1 is 0.980 bits per heavy atom. The average molecular weight is 839 g/mol. The zero-order chi connectivity index (χ0) is 36.8. The van der Waals surface area contributed by atoms with Crippen LogP contribution in [0, 0.1) is 35.5 Å². The molecule has 1 atom stereocenters. The van der Waals surface area contributed by atoms with Crippen LogP contribution in [0.4, 0.5) is 4.79 Å². The lowest BCUT2D eigenvalue weighted by atomic mass is 9.78. The molecule has 0 spiro atoms. The van der Waals surface area contributed by atoms with Gasteiger partial charge in [-0.25, -0.2) is 4.79 Å². The van der Waals surface area contributed by atoms with Crippen molar-refractivity contribution in [2.24, 2.45) is 17.8 Å². The molecule has 1 N–H and O–H groups in total. The molecule has 0 radical (unpaired) electrons. The minimum atomic E-state index is -0.481. The van der Waals surface area contributed by atoms with E-state index in [2.05, 4.69) is 59.7 Å². The van der Waals surface area contributed by atoms with E-state index in [0.29, 0.717) is 49.0 Å². The van der Waals surface area contributed by atoms with Gasteiger partial charge in [0.05, 0.1) is 11.1 Å². The third-order valence-corrected chi connectivity index (χ3v) is 12.1. The fourth-order valence-electron chi connectivity index (χ4n) is 7.71. The normalized spacial score (nSPS) is 20.9. The second-order valence-corrected chi connectivity index (χ2v) is 16.5. The molecule has 3 aliphatic heterocycles. The molecule has 10 heteroatoms. The number of halogens is 3. The Balaban J connectivity index is 0.00000105. The van der Waals surface area contributed by atoms with Crippen LogP contribution in [0.3, 0.4) is 0 Å². The summed E-state index contributed by atoms with van der Waals surface area (Å²) in [7, 11) is 0. The largest absolute Gasteiger partial charge is 0.444 e. The Morgan fingerprint density at radius 3 is 2.08 bits per heavy atom. The number of benzene rings is 1. The van der Waals surface area contributed by atoms with E-state index in [4.69, 9.17) is 28.2 Å². The SMILES string of the molecule is C#CCC1=CC(N2CCC(C3CCN(C(=O)CC4CCN(C(=O)OC(C)(C)C)CC4)CC3)CC2)c2ccc(Cl)c(Br)c2CC1.CC.N=CCBr. The summed E-state index contributed by atoms with van der Waals surface area (Å²) in [5, 5.41) is 7.73. The minimum absolute atomic E-state index is 0.237. The van der Waals surface area contributed by atoms with Crippen LogP contribution in [0.15, 0.2) is 28.3 Å². The third-order valence-electron chi connectivity index (χ3n) is 10.3. The summed E-state index contributed by atoms with van der Waals surface area (Å²) in [4.78, 5) is 32.1. The number of nitrogens with one attached hydrogen (secondary N) is 1. The zero-order valence-corrected chi connectivity index (χ0v) is 34.8. The summed E-state index contributed by atoms with van der Waals surface area (Å²) < 4.78 is 6.55. The molecular formula is C40H59Br2ClN4O3. The van der Waals surface area contributed by atoms with Crippen LogP contribution in [0.2, 0.25) is 5.02 Å². The van der Waals surface area contributed by atoms with Crippen molar-refractivity contribution in [1.29, 1.82) is 5.41 Å². The minimum Gasteiger partial charge on any atom is -0.444 e. The molecule has 2 amide bonds. The smallest absolute Gasteiger partial charge is 0.410 e. The average Bonchev–Trinajstić information content (AvgIpc) is 3.30. The number of rotatable bonds is 6. The van der Waals surface area contributed by atoms with Crippen LogP contribution in [0.1, 0.15) is 110 Å². The molecule has 0 bridgehead atoms. The van der Waals surface area contributed by atoms with Gasteiger partial charge in [-0.3, -0.25) is 9.69 Å². The standard InChI is InChI=1S/C36H49BrClN3O3.C2H4BrN.C2H6/c1-5-6-25-7-8-30-29(9-10-31(38)34(30)37)32(23-25)39-19-13-27(14-20-39)28-15-21-40(22-16-28)33(42)24-26-11-17-41(18-12-26)35(43)44-36(2,3)4;3-1-2-4;1-2/h1,9-10,23,26-28,32H,6-8,11-22,24H2,2-4H3;2,4H,1H2;1-2H3. The number of terminal acetylenes is 1. The van der Waals surface area contributed by atoms with E-state index in [1.54, 1.807) is 4.90 Å². The van der Waals surface area contributed by atoms with E-state index in [1.807, 2.05) is 40.7 Å². The van der Waals surface area contributed by atoms with Gasteiger partial charge >= 0.3 is 6.09 Å². The van der Waals surface area contributed by atoms with Crippen LogP contribution in [-0.4, -0.2) is 83.1 Å². The predicted octanol–water partition coefficient (Wildman–Crippen LogP) is 10.1. The lowest BCUT2D eigenvalue weighted by molar-refractivity contribution is -0.134. The number of piperidine rings is 3. The van der Waals surface area contributed by atoms with E-state index < -0.39 is 5.60 Å². The van der Waals surface area contributed by atoms with Crippen LogP contribution < -0.4 is 0 Å². The van der Waals surface area contributed by atoms with Crippen molar-refractivity contribution >= 4 is 61.7 Å². The highest BCUT2D eigenvalue weighted by Gasteiger charge is 2.35. The first kappa shape index (κ1) is 42.6. The molecule has 50 heavy (non-hydrogen) atoms. The van der Waals surface area contributed by atoms with Crippen LogP contribution in [0.25, 0.3) is 0 Å². The van der Waals surface area contributed by atoms with Crippen molar-refractivity contribution in [3.05, 3.63) is 44.4 Å². The lowest BCUT2D eigenvalue weighted by Crippen LogP contribution is -2.45. The first-order valence-corrected chi connectivity index (χ1v) is 20.9.